The molecule has 0 spiro atoms. The second-order valence-corrected chi connectivity index (χ2v) is 6.76. The summed E-state index contributed by atoms with van der Waals surface area (Å²) in [6.45, 7) is 4.10. The summed E-state index contributed by atoms with van der Waals surface area (Å²) in [6, 6.07) is 8.81. The first-order valence-corrected chi connectivity index (χ1v) is 9.47. The monoisotopic (exact) mass is 382 g/mol. The van der Waals surface area contributed by atoms with Gasteiger partial charge in [-0.3, -0.25) is 0 Å². The van der Waals surface area contributed by atoms with Gasteiger partial charge >= 0.3 is 0 Å². The van der Waals surface area contributed by atoms with Crippen LogP contribution in [-0.2, 0) is 13.0 Å². The third kappa shape index (κ3) is 4.79. The van der Waals surface area contributed by atoms with E-state index in [2.05, 4.69) is 25.6 Å². The van der Waals surface area contributed by atoms with Crippen molar-refractivity contribution in [3.63, 3.8) is 0 Å². The minimum Gasteiger partial charge on any atom is -0.362 e. The Morgan fingerprint density at radius 1 is 1.21 bits per heavy atom. The molecule has 0 saturated carbocycles. The molecule has 0 aliphatic carbocycles. The molecule has 0 atom stereocenters. The Bertz CT molecular complexity index is 947. The molecule has 0 aliphatic rings. The summed E-state index contributed by atoms with van der Waals surface area (Å²) in [5, 5.41) is 7.70. The van der Waals surface area contributed by atoms with Crippen molar-refractivity contribution in [2.45, 2.75) is 19.9 Å². The number of H-pyrrole nitrogens is 1. The quantitative estimate of drug-likeness (QED) is 0.434. The molecule has 28 heavy (non-hydrogen) atoms. The smallest absolute Gasteiger partial charge is 0.191 e. The fourth-order valence-corrected chi connectivity index (χ4v) is 3.14. The van der Waals surface area contributed by atoms with E-state index < -0.39 is 0 Å². The Morgan fingerprint density at radius 3 is 2.86 bits per heavy atom. The van der Waals surface area contributed by atoms with Gasteiger partial charge in [0, 0.05) is 56.0 Å². The van der Waals surface area contributed by atoms with Crippen molar-refractivity contribution in [1.29, 1.82) is 0 Å². The normalized spacial score (nSPS) is 11.6. The highest BCUT2D eigenvalue weighted by molar-refractivity contribution is 5.83. The van der Waals surface area contributed by atoms with Crippen LogP contribution in [0.5, 0.6) is 0 Å². The number of anilines is 1. The SMILES string of the molecule is CCNC(=NCc1cccnc1N(C)C)NCCc1c[nH]c2cc(F)ccc12. The van der Waals surface area contributed by atoms with Gasteiger partial charge in [-0.15, -0.1) is 0 Å². The van der Waals surface area contributed by atoms with Crippen LogP contribution in [0.25, 0.3) is 10.9 Å². The Morgan fingerprint density at radius 2 is 2.07 bits per heavy atom. The fourth-order valence-electron chi connectivity index (χ4n) is 3.14. The summed E-state index contributed by atoms with van der Waals surface area (Å²) in [5.41, 5.74) is 3.05. The number of aromatic nitrogens is 2. The zero-order valence-corrected chi connectivity index (χ0v) is 16.6. The van der Waals surface area contributed by atoms with Gasteiger partial charge in [0.1, 0.15) is 11.6 Å². The average molecular weight is 382 g/mol. The van der Waals surface area contributed by atoms with Crippen LogP contribution in [0.4, 0.5) is 10.2 Å². The first kappa shape index (κ1) is 19.7. The first-order valence-electron chi connectivity index (χ1n) is 9.47. The van der Waals surface area contributed by atoms with E-state index in [4.69, 9.17) is 0 Å². The number of hydrogen-bond acceptors (Lipinski definition) is 3. The van der Waals surface area contributed by atoms with Crippen molar-refractivity contribution < 1.29 is 4.39 Å². The Balaban J connectivity index is 1.63. The van der Waals surface area contributed by atoms with Gasteiger partial charge in [0.25, 0.3) is 0 Å². The predicted molar refractivity (Wildman–Crippen MR) is 113 cm³/mol. The number of rotatable bonds is 7. The summed E-state index contributed by atoms with van der Waals surface area (Å²) >= 11 is 0. The molecule has 2 heterocycles. The number of guanidine groups is 1. The molecule has 7 heteroatoms. The molecule has 0 saturated heterocycles. The molecular weight excluding hydrogens is 355 g/mol. The Hall–Kier alpha value is -3.09. The van der Waals surface area contributed by atoms with Crippen LogP contribution < -0.4 is 15.5 Å². The van der Waals surface area contributed by atoms with E-state index in [0.717, 1.165) is 53.3 Å². The minimum atomic E-state index is -0.229. The predicted octanol–water partition coefficient (Wildman–Crippen LogP) is 3.07. The number of benzene rings is 1. The fraction of sp³-hybridized carbons (Fsp3) is 0.333. The van der Waals surface area contributed by atoms with Gasteiger partial charge in [-0.1, -0.05) is 6.07 Å². The van der Waals surface area contributed by atoms with E-state index in [-0.39, 0.29) is 5.82 Å². The van der Waals surface area contributed by atoms with E-state index in [1.165, 1.54) is 12.1 Å². The van der Waals surface area contributed by atoms with E-state index in [1.807, 2.05) is 50.3 Å². The van der Waals surface area contributed by atoms with Gasteiger partial charge in [0.15, 0.2) is 5.96 Å². The highest BCUT2D eigenvalue weighted by atomic mass is 19.1. The number of aromatic amines is 1. The molecule has 3 N–H and O–H groups in total. The first-order chi connectivity index (χ1) is 13.6. The molecule has 0 amide bonds. The summed E-state index contributed by atoms with van der Waals surface area (Å²) in [4.78, 5) is 14.2. The summed E-state index contributed by atoms with van der Waals surface area (Å²) in [6.07, 6.45) is 4.54. The third-order valence-corrected chi connectivity index (χ3v) is 4.46. The average Bonchev–Trinajstić information content (AvgIpc) is 3.08. The second-order valence-electron chi connectivity index (χ2n) is 6.76. The van der Waals surface area contributed by atoms with E-state index in [1.54, 1.807) is 6.20 Å². The van der Waals surface area contributed by atoms with Gasteiger partial charge in [0.05, 0.1) is 6.54 Å². The number of hydrogen-bond donors (Lipinski definition) is 3. The molecule has 2 aromatic heterocycles. The highest BCUT2D eigenvalue weighted by Crippen LogP contribution is 2.19. The van der Waals surface area contributed by atoms with Crippen molar-refractivity contribution in [3.8, 4) is 0 Å². The lowest BCUT2D eigenvalue weighted by Gasteiger charge is -2.15. The Labute approximate surface area is 164 Å². The number of nitrogens with one attached hydrogen (secondary N) is 3. The zero-order chi connectivity index (χ0) is 19.9. The molecule has 3 aromatic rings. The van der Waals surface area contributed by atoms with Crippen molar-refractivity contribution in [2.24, 2.45) is 4.99 Å². The van der Waals surface area contributed by atoms with Crippen LogP contribution in [-0.4, -0.2) is 43.1 Å². The van der Waals surface area contributed by atoms with Crippen molar-refractivity contribution in [3.05, 3.63) is 59.7 Å². The zero-order valence-electron chi connectivity index (χ0n) is 16.6. The van der Waals surface area contributed by atoms with E-state index >= 15 is 0 Å². The largest absolute Gasteiger partial charge is 0.362 e. The van der Waals surface area contributed by atoms with Crippen LogP contribution in [0, 0.1) is 5.82 Å². The third-order valence-electron chi connectivity index (χ3n) is 4.46. The van der Waals surface area contributed by atoms with Crippen LogP contribution >= 0.6 is 0 Å². The molecular formula is C21H27FN6. The standard InChI is InChI=1S/C21H27FN6/c1-4-23-21(27-14-16-6-5-10-24-20(16)28(2)3)25-11-9-15-13-26-19-12-17(22)7-8-18(15)19/h5-8,10,12-13,26H,4,9,11,14H2,1-3H3,(H2,23,25,27). The van der Waals surface area contributed by atoms with Crippen LogP contribution in [0.1, 0.15) is 18.1 Å². The second kappa shape index (κ2) is 9.21. The maximum atomic E-state index is 13.3. The van der Waals surface area contributed by atoms with Gasteiger partial charge in [-0.25, -0.2) is 14.4 Å². The van der Waals surface area contributed by atoms with E-state index in [0.29, 0.717) is 6.54 Å². The summed E-state index contributed by atoms with van der Waals surface area (Å²) < 4.78 is 13.3. The Kier molecular flexibility index (Phi) is 6.47. The number of aliphatic imine (C=N–C) groups is 1. The topological polar surface area (TPSA) is 68.3 Å². The lowest BCUT2D eigenvalue weighted by atomic mass is 10.1. The molecule has 0 bridgehead atoms. The maximum absolute atomic E-state index is 13.3. The molecule has 148 valence electrons. The number of nitrogens with zero attached hydrogens (tertiary/aromatic N) is 3. The minimum absolute atomic E-state index is 0.229. The molecule has 0 fully saturated rings. The van der Waals surface area contributed by atoms with Crippen LogP contribution in [0.3, 0.4) is 0 Å². The number of fused-ring (bicyclic) bond motifs is 1. The van der Waals surface area contributed by atoms with Gasteiger partial charge in [-0.05, 0) is 43.2 Å². The molecule has 0 radical (unpaired) electrons. The number of pyridine rings is 1. The van der Waals surface area contributed by atoms with Gasteiger partial charge in [-0.2, -0.15) is 0 Å². The van der Waals surface area contributed by atoms with Gasteiger partial charge < -0.3 is 20.5 Å². The van der Waals surface area contributed by atoms with E-state index in [9.17, 15) is 4.39 Å². The highest BCUT2D eigenvalue weighted by Gasteiger charge is 2.07. The molecule has 3 rings (SSSR count). The maximum Gasteiger partial charge on any atom is 0.191 e. The lowest BCUT2D eigenvalue weighted by Crippen LogP contribution is -2.38. The number of halogens is 1. The van der Waals surface area contributed by atoms with Crippen molar-refractivity contribution in [1.82, 2.24) is 20.6 Å². The van der Waals surface area contributed by atoms with Crippen molar-refractivity contribution >= 4 is 22.7 Å². The van der Waals surface area contributed by atoms with Gasteiger partial charge in [0.2, 0.25) is 0 Å². The molecule has 1 aromatic carbocycles. The summed E-state index contributed by atoms with van der Waals surface area (Å²) in [5.74, 6) is 1.46. The van der Waals surface area contributed by atoms with Crippen LogP contribution in [0.2, 0.25) is 0 Å². The summed E-state index contributed by atoms with van der Waals surface area (Å²) in [7, 11) is 3.96. The molecule has 6 nitrogen and oxygen atoms in total. The van der Waals surface area contributed by atoms with Crippen molar-refractivity contribution in [2.75, 3.05) is 32.1 Å². The molecule has 0 aliphatic heterocycles. The molecule has 0 unspecified atom stereocenters. The van der Waals surface area contributed by atoms with Crippen LogP contribution in [0.15, 0.2) is 47.7 Å². The lowest BCUT2D eigenvalue weighted by molar-refractivity contribution is 0.629.